The lowest BCUT2D eigenvalue weighted by molar-refractivity contribution is -0.0148. The monoisotopic (exact) mass is 541 g/mol. The van der Waals surface area contributed by atoms with Crippen LogP contribution in [0.25, 0.3) is 11.3 Å². The van der Waals surface area contributed by atoms with E-state index in [1.807, 2.05) is 6.07 Å². The number of ketones is 1. The summed E-state index contributed by atoms with van der Waals surface area (Å²) in [5.41, 5.74) is 5.96. The van der Waals surface area contributed by atoms with Crippen LogP contribution in [-0.4, -0.2) is 41.1 Å². The van der Waals surface area contributed by atoms with E-state index in [-0.39, 0.29) is 36.4 Å². The van der Waals surface area contributed by atoms with Crippen LogP contribution >= 0.6 is 0 Å². The van der Waals surface area contributed by atoms with Gasteiger partial charge < -0.3 is 15.2 Å². The summed E-state index contributed by atoms with van der Waals surface area (Å²) in [6.07, 6.45) is 6.04. The smallest absolute Gasteiger partial charge is 0.185 e. The Morgan fingerprint density at radius 1 is 1.08 bits per heavy atom. The minimum Gasteiger partial charge on any atom is -0.490 e. The molecule has 0 amide bonds. The fourth-order valence-electron chi connectivity index (χ4n) is 5.11. The standard InChI is InChI=1S/C30H34F3N3O3/c1-17-9-18(11-20(34)10-17)22-7-8-35-15-19(22)12-27(37)26-6-5-23(31)29(36-26)28-24(32)13-21(14-25(28)33)39-16-30(2,3)38-4/h5-8,13-15,17-18,20H,9-12,16,34H2,1-4H3/t17-,18+,20-/m0/s1. The number of methoxy groups -OCH3 is 1. The summed E-state index contributed by atoms with van der Waals surface area (Å²) in [6.45, 7) is 5.73. The van der Waals surface area contributed by atoms with Crippen LogP contribution in [0.4, 0.5) is 13.2 Å². The van der Waals surface area contributed by atoms with E-state index in [1.165, 1.54) is 13.2 Å². The molecule has 1 fully saturated rings. The second-order valence-electron chi connectivity index (χ2n) is 11.0. The molecule has 3 aromatic rings. The summed E-state index contributed by atoms with van der Waals surface area (Å²) in [6, 6.07) is 6.12. The molecule has 3 atom stereocenters. The predicted molar refractivity (Wildman–Crippen MR) is 142 cm³/mol. The van der Waals surface area contributed by atoms with Gasteiger partial charge in [-0.15, -0.1) is 0 Å². The van der Waals surface area contributed by atoms with Gasteiger partial charge in [0.2, 0.25) is 0 Å². The zero-order valence-corrected chi connectivity index (χ0v) is 22.6. The minimum absolute atomic E-state index is 0.0333. The second kappa shape index (κ2) is 11.8. The number of hydrogen-bond acceptors (Lipinski definition) is 6. The molecule has 9 heteroatoms. The summed E-state index contributed by atoms with van der Waals surface area (Å²) in [5.74, 6) is -2.91. The molecule has 0 radical (unpaired) electrons. The van der Waals surface area contributed by atoms with Crippen molar-refractivity contribution in [3.05, 3.63) is 77.0 Å². The molecule has 0 bridgehead atoms. The van der Waals surface area contributed by atoms with E-state index >= 15 is 8.78 Å². The maximum absolute atomic E-state index is 15.0. The number of aromatic nitrogens is 2. The number of ether oxygens (including phenoxy) is 2. The number of carbonyl (C=O) groups excluding carboxylic acids is 1. The highest BCUT2D eigenvalue weighted by Gasteiger charge is 2.28. The number of nitrogens with two attached hydrogens (primary N) is 1. The molecular weight excluding hydrogens is 507 g/mol. The number of pyridine rings is 2. The first-order chi connectivity index (χ1) is 18.5. The number of halogens is 3. The lowest BCUT2D eigenvalue weighted by Gasteiger charge is -2.32. The summed E-state index contributed by atoms with van der Waals surface area (Å²) >= 11 is 0. The average molecular weight is 542 g/mol. The molecule has 2 N–H and O–H groups in total. The van der Waals surface area contributed by atoms with E-state index in [9.17, 15) is 9.18 Å². The van der Waals surface area contributed by atoms with Crippen LogP contribution in [0.5, 0.6) is 5.75 Å². The van der Waals surface area contributed by atoms with E-state index < -0.39 is 40.1 Å². The first-order valence-electron chi connectivity index (χ1n) is 13.0. The summed E-state index contributed by atoms with van der Waals surface area (Å²) in [5, 5.41) is 0. The number of carbonyl (C=O) groups is 1. The maximum atomic E-state index is 15.0. The lowest BCUT2D eigenvalue weighted by Crippen LogP contribution is -2.31. The minimum atomic E-state index is -1.06. The summed E-state index contributed by atoms with van der Waals surface area (Å²) in [4.78, 5) is 21.5. The molecule has 208 valence electrons. The maximum Gasteiger partial charge on any atom is 0.185 e. The van der Waals surface area contributed by atoms with Crippen molar-refractivity contribution in [2.24, 2.45) is 11.7 Å². The van der Waals surface area contributed by atoms with Crippen LogP contribution in [0, 0.1) is 23.4 Å². The molecule has 2 heterocycles. The van der Waals surface area contributed by atoms with Gasteiger partial charge in [-0.2, -0.15) is 0 Å². The van der Waals surface area contributed by atoms with E-state index in [0.717, 1.165) is 48.6 Å². The van der Waals surface area contributed by atoms with Crippen LogP contribution < -0.4 is 10.5 Å². The zero-order chi connectivity index (χ0) is 28.3. The van der Waals surface area contributed by atoms with Gasteiger partial charge in [0.1, 0.15) is 41.2 Å². The molecule has 1 saturated carbocycles. The second-order valence-corrected chi connectivity index (χ2v) is 11.0. The Kier molecular flexibility index (Phi) is 8.71. The summed E-state index contributed by atoms with van der Waals surface area (Å²) in [7, 11) is 1.50. The molecule has 6 nitrogen and oxygen atoms in total. The van der Waals surface area contributed by atoms with Crippen molar-refractivity contribution in [2.45, 2.75) is 64.0 Å². The number of Topliss-reactive ketones (excluding diaryl/α,β-unsaturated/α-hetero) is 1. The van der Waals surface area contributed by atoms with Crippen LogP contribution in [-0.2, 0) is 11.2 Å². The van der Waals surface area contributed by atoms with E-state index in [1.54, 1.807) is 26.2 Å². The molecule has 0 saturated heterocycles. The molecule has 4 rings (SSSR count). The van der Waals surface area contributed by atoms with Crippen molar-refractivity contribution in [2.75, 3.05) is 13.7 Å². The van der Waals surface area contributed by atoms with Crippen molar-refractivity contribution in [3.63, 3.8) is 0 Å². The molecule has 39 heavy (non-hydrogen) atoms. The van der Waals surface area contributed by atoms with Gasteiger partial charge in [-0.3, -0.25) is 9.78 Å². The van der Waals surface area contributed by atoms with E-state index in [0.29, 0.717) is 5.92 Å². The van der Waals surface area contributed by atoms with E-state index in [2.05, 4.69) is 16.9 Å². The van der Waals surface area contributed by atoms with Crippen LogP contribution in [0.3, 0.4) is 0 Å². The van der Waals surface area contributed by atoms with Crippen LogP contribution in [0.15, 0.2) is 42.7 Å². The van der Waals surface area contributed by atoms with Crippen LogP contribution in [0.2, 0.25) is 0 Å². The number of nitrogens with zero attached hydrogens (tertiary/aromatic N) is 2. The fraction of sp³-hybridized carbons (Fsp3) is 0.433. The number of hydrogen-bond donors (Lipinski definition) is 1. The van der Waals surface area contributed by atoms with Crippen LogP contribution in [0.1, 0.15) is 67.6 Å². The van der Waals surface area contributed by atoms with Gasteiger partial charge in [-0.25, -0.2) is 18.2 Å². The first kappa shape index (κ1) is 28.7. The van der Waals surface area contributed by atoms with Gasteiger partial charge in [0.05, 0.1) is 11.2 Å². The molecule has 0 unspecified atom stereocenters. The third-order valence-corrected chi connectivity index (χ3v) is 7.23. The molecular formula is C30H34F3N3O3. The molecule has 1 aromatic carbocycles. The molecule has 2 aromatic heterocycles. The van der Waals surface area contributed by atoms with Crippen molar-refractivity contribution >= 4 is 5.78 Å². The highest BCUT2D eigenvalue weighted by Crippen LogP contribution is 2.37. The Labute approximate surface area is 226 Å². The van der Waals surface area contributed by atoms with Crippen molar-refractivity contribution in [1.29, 1.82) is 0 Å². The SMILES string of the molecule is COC(C)(C)COc1cc(F)c(-c2nc(C(=O)Cc3cnccc3[C@@H]3C[C@H](C)C[C@H](N)C3)ccc2F)c(F)c1. The Bertz CT molecular complexity index is 1320. The lowest BCUT2D eigenvalue weighted by atomic mass is 9.75. The number of benzene rings is 1. The van der Waals surface area contributed by atoms with Crippen molar-refractivity contribution in [1.82, 2.24) is 9.97 Å². The Balaban J connectivity index is 1.59. The first-order valence-corrected chi connectivity index (χ1v) is 13.0. The van der Waals surface area contributed by atoms with Gasteiger partial charge in [0.15, 0.2) is 5.78 Å². The highest BCUT2D eigenvalue weighted by atomic mass is 19.1. The summed E-state index contributed by atoms with van der Waals surface area (Å²) < 4.78 is 55.5. The average Bonchev–Trinajstić information content (AvgIpc) is 2.88. The third-order valence-electron chi connectivity index (χ3n) is 7.23. The fourth-order valence-corrected chi connectivity index (χ4v) is 5.11. The van der Waals surface area contributed by atoms with E-state index in [4.69, 9.17) is 15.2 Å². The van der Waals surface area contributed by atoms with Gasteiger partial charge >= 0.3 is 0 Å². The largest absolute Gasteiger partial charge is 0.490 e. The van der Waals surface area contributed by atoms with Gasteiger partial charge in [0, 0.05) is 44.1 Å². The topological polar surface area (TPSA) is 87.3 Å². The highest BCUT2D eigenvalue weighted by molar-refractivity contribution is 5.96. The van der Waals surface area contributed by atoms with Gasteiger partial charge in [-0.05, 0) is 74.3 Å². The molecule has 0 spiro atoms. The van der Waals surface area contributed by atoms with Crippen molar-refractivity contribution < 1.29 is 27.4 Å². The van der Waals surface area contributed by atoms with Gasteiger partial charge in [0.25, 0.3) is 0 Å². The Morgan fingerprint density at radius 3 is 2.46 bits per heavy atom. The third kappa shape index (κ3) is 6.83. The zero-order valence-electron chi connectivity index (χ0n) is 22.6. The van der Waals surface area contributed by atoms with Gasteiger partial charge in [-0.1, -0.05) is 6.92 Å². The molecule has 1 aliphatic rings. The molecule has 1 aliphatic carbocycles. The number of rotatable bonds is 9. The Morgan fingerprint density at radius 2 is 1.79 bits per heavy atom. The predicted octanol–water partition coefficient (Wildman–Crippen LogP) is 6.02. The molecule has 0 aliphatic heterocycles. The quantitative estimate of drug-likeness (QED) is 0.333. The Hall–Kier alpha value is -3.30. The van der Waals surface area contributed by atoms with Crippen molar-refractivity contribution in [3.8, 4) is 17.0 Å². The normalized spacial score (nSPS) is 19.6.